The van der Waals surface area contributed by atoms with Crippen molar-refractivity contribution < 1.29 is 14.7 Å². The van der Waals surface area contributed by atoms with Crippen LogP contribution < -0.4 is 0 Å². The summed E-state index contributed by atoms with van der Waals surface area (Å²) < 4.78 is 0. The predicted molar refractivity (Wildman–Crippen MR) is 64.9 cm³/mol. The summed E-state index contributed by atoms with van der Waals surface area (Å²) in [5.74, 6) is -0.636. The summed E-state index contributed by atoms with van der Waals surface area (Å²) in [6, 6.07) is 0.0651. The van der Waals surface area contributed by atoms with E-state index in [4.69, 9.17) is 5.11 Å². The number of hydrogen-bond acceptors (Lipinski definition) is 2. The number of carbonyl (C=O) groups excluding carboxylic acids is 1. The Hall–Kier alpha value is -1.26. The molecule has 98 valence electrons. The lowest BCUT2D eigenvalue weighted by atomic mass is 9.97. The first-order valence-electron chi connectivity index (χ1n) is 6.34. The van der Waals surface area contributed by atoms with Gasteiger partial charge < -0.3 is 14.9 Å². The second kappa shape index (κ2) is 6.47. The van der Waals surface area contributed by atoms with Gasteiger partial charge in [-0.25, -0.2) is 4.79 Å². The van der Waals surface area contributed by atoms with E-state index in [0.29, 0.717) is 13.1 Å². The van der Waals surface area contributed by atoms with Gasteiger partial charge in [-0.05, 0) is 12.8 Å². The molecule has 1 saturated heterocycles. The third-order valence-electron chi connectivity index (χ3n) is 2.95. The molecule has 1 aliphatic rings. The van der Waals surface area contributed by atoms with Crippen molar-refractivity contribution in [2.45, 2.75) is 33.1 Å². The zero-order valence-electron chi connectivity index (χ0n) is 10.7. The van der Waals surface area contributed by atoms with Crippen molar-refractivity contribution in [1.29, 1.82) is 0 Å². The maximum absolute atomic E-state index is 12.0. The van der Waals surface area contributed by atoms with Crippen molar-refractivity contribution in [2.75, 3.05) is 26.2 Å². The summed E-state index contributed by atoms with van der Waals surface area (Å²) >= 11 is 0. The van der Waals surface area contributed by atoms with Crippen LogP contribution in [0.15, 0.2) is 0 Å². The quantitative estimate of drug-likeness (QED) is 0.770. The molecule has 0 unspecified atom stereocenters. The Morgan fingerprint density at radius 3 is 2.18 bits per heavy atom. The highest BCUT2D eigenvalue weighted by Crippen LogP contribution is 2.20. The SMILES string of the molecule is CCCN(CCC)C(=O)N1CC(CC(=O)O)C1. The lowest BCUT2D eigenvalue weighted by molar-refractivity contribution is -0.139. The molecular weight excluding hydrogens is 220 g/mol. The summed E-state index contributed by atoms with van der Waals surface area (Å²) in [7, 11) is 0. The summed E-state index contributed by atoms with van der Waals surface area (Å²) in [5.41, 5.74) is 0. The van der Waals surface area contributed by atoms with Gasteiger partial charge in [-0.2, -0.15) is 0 Å². The van der Waals surface area contributed by atoms with Crippen molar-refractivity contribution in [3.8, 4) is 0 Å². The van der Waals surface area contributed by atoms with Gasteiger partial charge in [0.15, 0.2) is 0 Å². The van der Waals surface area contributed by atoms with Crippen molar-refractivity contribution in [1.82, 2.24) is 9.80 Å². The Morgan fingerprint density at radius 1 is 1.24 bits per heavy atom. The minimum Gasteiger partial charge on any atom is -0.481 e. The van der Waals surface area contributed by atoms with Gasteiger partial charge in [-0.3, -0.25) is 4.79 Å². The van der Waals surface area contributed by atoms with Gasteiger partial charge in [0.05, 0.1) is 6.42 Å². The fourth-order valence-electron chi connectivity index (χ4n) is 2.15. The highest BCUT2D eigenvalue weighted by molar-refractivity contribution is 5.76. The van der Waals surface area contributed by atoms with Crippen LogP contribution in [-0.2, 0) is 4.79 Å². The van der Waals surface area contributed by atoms with Crippen molar-refractivity contribution in [2.24, 2.45) is 5.92 Å². The highest BCUT2D eigenvalue weighted by Gasteiger charge is 2.33. The number of urea groups is 1. The Bertz CT molecular complexity index is 269. The number of hydrogen-bond donors (Lipinski definition) is 1. The van der Waals surface area contributed by atoms with Crippen LogP contribution in [0.4, 0.5) is 4.79 Å². The molecule has 5 heteroatoms. The standard InChI is InChI=1S/C12H22N2O3/c1-3-5-13(6-4-2)12(17)14-8-10(9-14)7-11(15)16/h10H,3-9H2,1-2H3,(H,15,16). The molecule has 1 rings (SSSR count). The number of likely N-dealkylation sites (tertiary alicyclic amines) is 1. The topological polar surface area (TPSA) is 60.9 Å². The monoisotopic (exact) mass is 242 g/mol. The van der Waals surface area contributed by atoms with E-state index in [9.17, 15) is 9.59 Å². The number of aliphatic carboxylic acids is 1. The molecule has 2 amide bonds. The number of carboxylic acid groups (broad SMARTS) is 1. The van der Waals surface area contributed by atoms with E-state index in [0.717, 1.165) is 25.9 Å². The molecule has 0 radical (unpaired) electrons. The Balaban J connectivity index is 2.35. The van der Waals surface area contributed by atoms with Gasteiger partial charge in [-0.15, -0.1) is 0 Å². The molecule has 1 fully saturated rings. The lowest BCUT2D eigenvalue weighted by Crippen LogP contribution is -2.55. The predicted octanol–water partition coefficient (Wildman–Crippen LogP) is 1.63. The van der Waals surface area contributed by atoms with Crippen molar-refractivity contribution in [3.63, 3.8) is 0 Å². The fourth-order valence-corrected chi connectivity index (χ4v) is 2.15. The molecule has 0 spiro atoms. The first kappa shape index (κ1) is 13.8. The van der Waals surface area contributed by atoms with Crippen LogP contribution in [0.25, 0.3) is 0 Å². The molecule has 0 aromatic rings. The molecule has 0 aromatic heterocycles. The van der Waals surface area contributed by atoms with Crippen LogP contribution in [-0.4, -0.2) is 53.1 Å². The number of rotatable bonds is 6. The average Bonchev–Trinajstić information content (AvgIpc) is 2.21. The van der Waals surface area contributed by atoms with E-state index in [-0.39, 0.29) is 18.4 Å². The molecule has 0 atom stereocenters. The van der Waals surface area contributed by atoms with E-state index >= 15 is 0 Å². The van der Waals surface area contributed by atoms with Crippen LogP contribution in [0.3, 0.4) is 0 Å². The number of carbonyl (C=O) groups is 2. The largest absolute Gasteiger partial charge is 0.481 e. The summed E-state index contributed by atoms with van der Waals surface area (Å²) in [4.78, 5) is 26.2. The van der Waals surface area contributed by atoms with Gasteiger partial charge >= 0.3 is 12.0 Å². The molecule has 5 nitrogen and oxygen atoms in total. The average molecular weight is 242 g/mol. The van der Waals surface area contributed by atoms with Crippen LogP contribution in [0, 0.1) is 5.92 Å². The second-order valence-electron chi connectivity index (χ2n) is 4.64. The molecule has 0 saturated carbocycles. The summed E-state index contributed by atoms with van der Waals surface area (Å²) in [6.45, 7) is 6.86. The lowest BCUT2D eigenvalue weighted by Gasteiger charge is -2.41. The first-order valence-corrected chi connectivity index (χ1v) is 6.34. The molecule has 0 aliphatic carbocycles. The number of nitrogens with zero attached hydrogens (tertiary/aromatic N) is 2. The Morgan fingerprint density at radius 2 is 1.76 bits per heavy atom. The minimum absolute atomic E-state index is 0.0651. The zero-order chi connectivity index (χ0) is 12.8. The van der Waals surface area contributed by atoms with Gasteiger partial charge in [0.1, 0.15) is 0 Å². The zero-order valence-corrected chi connectivity index (χ0v) is 10.7. The highest BCUT2D eigenvalue weighted by atomic mass is 16.4. The van der Waals surface area contributed by atoms with Crippen LogP contribution in [0.2, 0.25) is 0 Å². The van der Waals surface area contributed by atoms with Gasteiger partial charge in [0.25, 0.3) is 0 Å². The maximum Gasteiger partial charge on any atom is 0.320 e. The normalized spacial score (nSPS) is 15.5. The van der Waals surface area contributed by atoms with E-state index in [2.05, 4.69) is 13.8 Å². The molecule has 17 heavy (non-hydrogen) atoms. The van der Waals surface area contributed by atoms with Gasteiger partial charge in [-0.1, -0.05) is 13.8 Å². The van der Waals surface area contributed by atoms with E-state index in [1.165, 1.54) is 0 Å². The second-order valence-corrected chi connectivity index (χ2v) is 4.64. The number of amides is 2. The molecular formula is C12H22N2O3. The smallest absolute Gasteiger partial charge is 0.320 e. The molecule has 1 aliphatic heterocycles. The molecule has 1 N–H and O–H groups in total. The van der Waals surface area contributed by atoms with Crippen LogP contribution in [0.5, 0.6) is 0 Å². The van der Waals surface area contributed by atoms with E-state index < -0.39 is 5.97 Å². The van der Waals surface area contributed by atoms with Crippen LogP contribution >= 0.6 is 0 Å². The van der Waals surface area contributed by atoms with Crippen molar-refractivity contribution >= 4 is 12.0 Å². The third-order valence-corrected chi connectivity index (χ3v) is 2.95. The van der Waals surface area contributed by atoms with E-state index in [1.54, 1.807) is 4.90 Å². The third kappa shape index (κ3) is 3.91. The van der Waals surface area contributed by atoms with E-state index in [1.807, 2.05) is 4.90 Å². The van der Waals surface area contributed by atoms with Crippen LogP contribution in [0.1, 0.15) is 33.1 Å². The minimum atomic E-state index is -0.777. The Kier molecular flexibility index (Phi) is 5.25. The number of carboxylic acids is 1. The maximum atomic E-state index is 12.0. The van der Waals surface area contributed by atoms with Crippen molar-refractivity contribution in [3.05, 3.63) is 0 Å². The summed E-state index contributed by atoms with van der Waals surface area (Å²) in [6.07, 6.45) is 2.08. The van der Waals surface area contributed by atoms with Gasteiger partial charge in [0.2, 0.25) is 0 Å². The molecule has 0 aromatic carbocycles. The fraction of sp³-hybridized carbons (Fsp3) is 0.833. The first-order chi connectivity index (χ1) is 8.08. The molecule has 1 heterocycles. The molecule has 0 bridgehead atoms. The van der Waals surface area contributed by atoms with Gasteiger partial charge in [0, 0.05) is 32.1 Å². The summed E-state index contributed by atoms with van der Waals surface area (Å²) in [5, 5.41) is 8.64. The Labute approximate surface area is 102 Å².